The third kappa shape index (κ3) is 8.98. The lowest BCUT2D eigenvalue weighted by molar-refractivity contribution is -0.138. The molecule has 3 rings (SSSR count). The molecule has 0 aliphatic carbocycles. The van der Waals surface area contributed by atoms with Crippen molar-refractivity contribution in [1.82, 2.24) is 5.32 Å². The minimum atomic E-state index is -0.939. The Kier molecular flexibility index (Phi) is 10.3. The minimum absolute atomic E-state index is 0.114. The monoisotopic (exact) mass is 504 g/mol. The highest BCUT2D eigenvalue weighted by molar-refractivity contribution is 9.10. The van der Waals surface area contributed by atoms with Crippen LogP contribution in [0.4, 0.5) is 0 Å². The van der Waals surface area contributed by atoms with Crippen molar-refractivity contribution in [3.05, 3.63) is 75.2 Å². The number of thioether (sulfide) groups is 1. The van der Waals surface area contributed by atoms with E-state index in [0.29, 0.717) is 6.61 Å². The van der Waals surface area contributed by atoms with E-state index < -0.39 is 11.2 Å². The van der Waals surface area contributed by atoms with Gasteiger partial charge in [-0.1, -0.05) is 52.8 Å². The molecule has 2 N–H and O–H groups in total. The SMILES string of the molecule is CC/C=C1/NC(=O)C(CC(=O)O)S1.CN=Cc1ccc(OCc2ccc(Br)cc2)cc1. The van der Waals surface area contributed by atoms with Gasteiger partial charge in [0.25, 0.3) is 0 Å². The van der Waals surface area contributed by atoms with Gasteiger partial charge in [0.2, 0.25) is 5.91 Å². The molecule has 1 heterocycles. The number of rotatable bonds is 7. The molecular weight excluding hydrogens is 480 g/mol. The third-order valence-corrected chi connectivity index (χ3v) is 5.75. The summed E-state index contributed by atoms with van der Waals surface area (Å²) >= 11 is 4.70. The Morgan fingerprint density at radius 3 is 2.48 bits per heavy atom. The van der Waals surface area contributed by atoms with Crippen LogP contribution in [-0.4, -0.2) is 35.5 Å². The number of aliphatic carboxylic acids is 1. The second-order valence-corrected chi connectivity index (χ2v) is 8.70. The topological polar surface area (TPSA) is 88.0 Å². The zero-order valence-electron chi connectivity index (χ0n) is 17.4. The molecule has 164 valence electrons. The molecule has 0 radical (unpaired) electrons. The maximum Gasteiger partial charge on any atom is 0.305 e. The molecule has 1 aliphatic rings. The van der Waals surface area contributed by atoms with Crippen molar-refractivity contribution in [2.75, 3.05) is 7.05 Å². The molecule has 1 unspecified atom stereocenters. The molecule has 1 aliphatic heterocycles. The van der Waals surface area contributed by atoms with Gasteiger partial charge in [0.05, 0.1) is 11.4 Å². The molecule has 2 aromatic rings. The fourth-order valence-corrected chi connectivity index (χ4v) is 3.95. The van der Waals surface area contributed by atoms with Crippen LogP contribution < -0.4 is 10.1 Å². The number of carbonyl (C=O) groups excluding carboxylic acids is 1. The maximum absolute atomic E-state index is 11.2. The van der Waals surface area contributed by atoms with Gasteiger partial charge in [-0.2, -0.15) is 0 Å². The number of nitrogens with one attached hydrogen (secondary N) is 1. The van der Waals surface area contributed by atoms with Crippen LogP contribution in [0.1, 0.15) is 30.9 Å². The van der Waals surface area contributed by atoms with E-state index in [-0.39, 0.29) is 12.3 Å². The molecule has 1 atom stereocenters. The lowest BCUT2D eigenvalue weighted by Crippen LogP contribution is -2.24. The fraction of sp³-hybridized carbons (Fsp3) is 0.261. The van der Waals surface area contributed by atoms with Gasteiger partial charge < -0.3 is 15.2 Å². The van der Waals surface area contributed by atoms with Crippen molar-refractivity contribution >= 4 is 45.8 Å². The lowest BCUT2D eigenvalue weighted by Gasteiger charge is -2.06. The average molecular weight is 505 g/mol. The summed E-state index contributed by atoms with van der Waals surface area (Å²) in [6.45, 7) is 2.54. The van der Waals surface area contributed by atoms with E-state index >= 15 is 0 Å². The Balaban J connectivity index is 0.000000233. The smallest absolute Gasteiger partial charge is 0.305 e. The Morgan fingerprint density at radius 2 is 1.90 bits per heavy atom. The van der Waals surface area contributed by atoms with Gasteiger partial charge in [0.1, 0.15) is 17.6 Å². The number of halogens is 1. The summed E-state index contributed by atoms with van der Waals surface area (Å²) in [7, 11) is 1.76. The minimum Gasteiger partial charge on any atom is -0.489 e. The van der Waals surface area contributed by atoms with E-state index in [1.54, 1.807) is 7.05 Å². The highest BCUT2D eigenvalue weighted by Gasteiger charge is 2.30. The number of allylic oxidation sites excluding steroid dienone is 1. The van der Waals surface area contributed by atoms with Crippen LogP contribution in [0, 0.1) is 0 Å². The van der Waals surface area contributed by atoms with Crippen molar-refractivity contribution in [3.63, 3.8) is 0 Å². The molecule has 31 heavy (non-hydrogen) atoms. The van der Waals surface area contributed by atoms with Gasteiger partial charge >= 0.3 is 5.97 Å². The summed E-state index contributed by atoms with van der Waals surface area (Å²) in [5, 5.41) is 11.4. The molecule has 0 spiro atoms. The number of hydrogen-bond donors (Lipinski definition) is 2. The van der Waals surface area contributed by atoms with Crippen molar-refractivity contribution in [2.45, 2.75) is 31.6 Å². The summed E-state index contributed by atoms with van der Waals surface area (Å²) in [5.74, 6) is -0.274. The largest absolute Gasteiger partial charge is 0.489 e. The first-order valence-electron chi connectivity index (χ1n) is 9.70. The number of carboxylic acids is 1. The summed E-state index contributed by atoms with van der Waals surface area (Å²) < 4.78 is 6.78. The van der Waals surface area contributed by atoms with Gasteiger partial charge in [-0.15, -0.1) is 0 Å². The zero-order chi connectivity index (χ0) is 22.6. The number of hydrogen-bond acceptors (Lipinski definition) is 5. The van der Waals surface area contributed by atoms with E-state index in [2.05, 4.69) is 26.2 Å². The molecular formula is C23H25BrN2O4S. The maximum atomic E-state index is 11.2. The van der Waals surface area contributed by atoms with Crippen molar-refractivity contribution in [2.24, 2.45) is 4.99 Å². The predicted molar refractivity (Wildman–Crippen MR) is 129 cm³/mol. The average Bonchev–Trinajstić information content (AvgIpc) is 3.08. The van der Waals surface area contributed by atoms with Crippen molar-refractivity contribution in [1.29, 1.82) is 0 Å². The van der Waals surface area contributed by atoms with Gasteiger partial charge in [-0.05, 0) is 53.9 Å². The van der Waals surface area contributed by atoms with Crippen LogP contribution in [0.15, 0.2) is 69.1 Å². The van der Waals surface area contributed by atoms with Crippen molar-refractivity contribution in [3.8, 4) is 5.75 Å². The summed E-state index contributed by atoms with van der Waals surface area (Å²) in [4.78, 5) is 25.5. The van der Waals surface area contributed by atoms with E-state index in [4.69, 9.17) is 9.84 Å². The second-order valence-electron chi connectivity index (χ2n) is 6.54. The first kappa shape index (κ1) is 24.7. The number of ether oxygens (including phenoxy) is 1. The fourth-order valence-electron chi connectivity index (χ4n) is 2.56. The van der Waals surface area contributed by atoms with E-state index in [9.17, 15) is 9.59 Å². The zero-order valence-corrected chi connectivity index (χ0v) is 19.8. The van der Waals surface area contributed by atoms with Crippen LogP contribution in [0.25, 0.3) is 0 Å². The van der Waals surface area contributed by atoms with Crippen molar-refractivity contribution < 1.29 is 19.4 Å². The number of benzene rings is 2. The third-order valence-electron chi connectivity index (χ3n) is 4.03. The van der Waals surface area contributed by atoms with Crippen LogP contribution in [0.5, 0.6) is 5.75 Å². The normalized spacial score (nSPS) is 16.7. The van der Waals surface area contributed by atoms with Crippen LogP contribution in [0.3, 0.4) is 0 Å². The molecule has 8 heteroatoms. The van der Waals surface area contributed by atoms with Crippen LogP contribution >= 0.6 is 27.7 Å². The quantitative estimate of drug-likeness (QED) is 0.516. The summed E-state index contributed by atoms with van der Waals surface area (Å²) in [6, 6.07) is 16.0. The van der Waals surface area contributed by atoms with Gasteiger partial charge in [-0.3, -0.25) is 14.6 Å². The molecule has 1 saturated heterocycles. The lowest BCUT2D eigenvalue weighted by atomic mass is 10.2. The molecule has 0 saturated carbocycles. The number of aliphatic imine (C=N–C) groups is 1. The van der Waals surface area contributed by atoms with E-state index in [0.717, 1.165) is 32.8 Å². The van der Waals surface area contributed by atoms with E-state index in [1.807, 2.05) is 67.7 Å². The molecule has 1 amide bonds. The molecule has 0 bridgehead atoms. The van der Waals surface area contributed by atoms with Crippen LogP contribution in [0.2, 0.25) is 0 Å². The molecule has 2 aromatic carbocycles. The van der Waals surface area contributed by atoms with Gasteiger partial charge in [0.15, 0.2) is 0 Å². The number of nitrogens with zero attached hydrogens (tertiary/aromatic N) is 1. The molecule has 6 nitrogen and oxygen atoms in total. The Morgan fingerprint density at radius 1 is 1.23 bits per heavy atom. The van der Waals surface area contributed by atoms with Crippen LogP contribution in [-0.2, 0) is 16.2 Å². The number of amides is 1. The van der Waals surface area contributed by atoms with Gasteiger partial charge in [-0.25, -0.2) is 0 Å². The molecule has 0 aromatic heterocycles. The first-order chi connectivity index (χ1) is 14.9. The Hall–Kier alpha value is -2.58. The van der Waals surface area contributed by atoms with Gasteiger partial charge in [0, 0.05) is 17.7 Å². The molecule has 1 fully saturated rings. The Bertz CT molecular complexity index is 928. The number of carbonyl (C=O) groups is 2. The standard InChI is InChI=1S/C15H14BrNO.C8H11NO3S/c1-17-10-12-4-8-15(9-5-12)18-11-13-2-6-14(16)7-3-13;1-2-3-6-9-8(12)5(13-6)4-7(10)11/h2-10H,11H2,1H3;3,5H,2,4H2,1H3,(H,9,12)(H,10,11)/b;6-3-. The Labute approximate surface area is 194 Å². The van der Waals surface area contributed by atoms with E-state index in [1.165, 1.54) is 11.8 Å². The number of carboxylic acid groups (broad SMARTS) is 1. The summed E-state index contributed by atoms with van der Waals surface area (Å²) in [5.41, 5.74) is 2.23. The highest BCUT2D eigenvalue weighted by Crippen LogP contribution is 2.29. The summed E-state index contributed by atoms with van der Waals surface area (Å²) in [6.07, 6.45) is 4.42. The second kappa shape index (κ2) is 13.0. The first-order valence-corrected chi connectivity index (χ1v) is 11.4. The highest BCUT2D eigenvalue weighted by atomic mass is 79.9. The predicted octanol–water partition coefficient (Wildman–Crippen LogP) is 5.02.